The lowest BCUT2D eigenvalue weighted by Crippen LogP contribution is -2.20. The van der Waals surface area contributed by atoms with Gasteiger partial charge < -0.3 is 5.11 Å². The van der Waals surface area contributed by atoms with Gasteiger partial charge in [0.05, 0.1) is 6.42 Å². The molecule has 0 atom stereocenters. The van der Waals surface area contributed by atoms with Crippen LogP contribution in [0.3, 0.4) is 0 Å². The minimum absolute atomic E-state index is 0.146. The lowest BCUT2D eigenvalue weighted by molar-refractivity contribution is -0.136. The summed E-state index contributed by atoms with van der Waals surface area (Å²) < 4.78 is 0. The van der Waals surface area contributed by atoms with Gasteiger partial charge in [-0.15, -0.1) is 0 Å². The number of hydrogen-bond donors (Lipinski definition) is 1. The fourth-order valence-corrected chi connectivity index (χ4v) is 2.91. The van der Waals surface area contributed by atoms with Gasteiger partial charge in [0.25, 0.3) is 0 Å². The van der Waals surface area contributed by atoms with Crippen LogP contribution in [0, 0.1) is 5.41 Å². The van der Waals surface area contributed by atoms with Crippen LogP contribution in [0.1, 0.15) is 66.2 Å². The van der Waals surface area contributed by atoms with Crippen LogP contribution >= 0.6 is 0 Å². The van der Waals surface area contributed by atoms with E-state index in [-0.39, 0.29) is 6.42 Å². The number of aliphatic carboxylic acids is 1. The molecule has 0 spiro atoms. The van der Waals surface area contributed by atoms with Gasteiger partial charge in [0.2, 0.25) is 0 Å². The molecule has 0 aromatic heterocycles. The molecule has 0 heterocycles. The highest BCUT2D eigenvalue weighted by Gasteiger charge is 2.27. The number of hydrogen-bond acceptors (Lipinski definition) is 1. The number of rotatable bonds is 5. The summed E-state index contributed by atoms with van der Waals surface area (Å²) in [6.45, 7) is 8.96. The molecule has 2 heteroatoms. The Bertz CT molecular complexity index is 373. The summed E-state index contributed by atoms with van der Waals surface area (Å²) in [6, 6.07) is 0. The van der Waals surface area contributed by atoms with Crippen LogP contribution in [0.2, 0.25) is 0 Å². The fraction of sp³-hybridized carbons (Fsp3) is 0.688. The standard InChI is InChI=1S/C16H26O2/c1-12(8-10-15(17)18)7-9-14-13(2)6-5-11-16(14,3)4/h8H,5-7,9-11H2,1-4H3,(H,17,18)/b12-8+. The van der Waals surface area contributed by atoms with Gasteiger partial charge in [-0.2, -0.15) is 0 Å². The van der Waals surface area contributed by atoms with Crippen molar-refractivity contribution in [3.05, 3.63) is 22.8 Å². The van der Waals surface area contributed by atoms with E-state index in [1.165, 1.54) is 24.8 Å². The molecule has 1 aliphatic rings. The first kappa shape index (κ1) is 15.0. The van der Waals surface area contributed by atoms with E-state index in [2.05, 4.69) is 20.8 Å². The molecule has 0 saturated heterocycles. The van der Waals surface area contributed by atoms with Gasteiger partial charge in [0.15, 0.2) is 0 Å². The van der Waals surface area contributed by atoms with Gasteiger partial charge >= 0.3 is 5.97 Å². The van der Waals surface area contributed by atoms with E-state index in [1.807, 2.05) is 13.0 Å². The van der Waals surface area contributed by atoms with E-state index < -0.39 is 5.97 Å². The molecule has 2 nitrogen and oxygen atoms in total. The van der Waals surface area contributed by atoms with Crippen molar-refractivity contribution in [1.29, 1.82) is 0 Å². The topological polar surface area (TPSA) is 37.3 Å². The molecule has 0 aliphatic heterocycles. The minimum Gasteiger partial charge on any atom is -0.481 e. The Balaban J connectivity index is 2.61. The second kappa shape index (κ2) is 6.21. The molecular weight excluding hydrogens is 224 g/mol. The zero-order chi connectivity index (χ0) is 13.8. The molecule has 0 amide bonds. The van der Waals surface area contributed by atoms with Gasteiger partial charge in [-0.3, -0.25) is 4.79 Å². The molecule has 0 unspecified atom stereocenters. The van der Waals surface area contributed by atoms with Crippen LogP contribution in [-0.4, -0.2) is 11.1 Å². The zero-order valence-corrected chi connectivity index (χ0v) is 12.2. The average Bonchev–Trinajstić information content (AvgIpc) is 2.24. The molecule has 0 bridgehead atoms. The van der Waals surface area contributed by atoms with Gasteiger partial charge in [-0.1, -0.05) is 36.6 Å². The zero-order valence-electron chi connectivity index (χ0n) is 12.2. The van der Waals surface area contributed by atoms with Crippen molar-refractivity contribution >= 4 is 5.97 Å². The third-order valence-corrected chi connectivity index (χ3v) is 4.08. The first-order valence-corrected chi connectivity index (χ1v) is 6.89. The predicted molar refractivity (Wildman–Crippen MR) is 75.6 cm³/mol. The summed E-state index contributed by atoms with van der Waals surface area (Å²) in [5.74, 6) is -0.747. The van der Waals surface area contributed by atoms with Crippen molar-refractivity contribution in [2.75, 3.05) is 0 Å². The number of carboxylic acids is 1. The van der Waals surface area contributed by atoms with E-state index >= 15 is 0 Å². The summed E-state index contributed by atoms with van der Waals surface area (Å²) in [4.78, 5) is 10.5. The lowest BCUT2D eigenvalue weighted by atomic mass is 9.71. The second-order valence-corrected chi connectivity index (χ2v) is 6.14. The third kappa shape index (κ3) is 4.32. The molecule has 1 aliphatic carbocycles. The van der Waals surface area contributed by atoms with Crippen LogP contribution < -0.4 is 0 Å². The molecule has 102 valence electrons. The van der Waals surface area contributed by atoms with E-state index in [4.69, 9.17) is 5.11 Å². The van der Waals surface area contributed by atoms with Gasteiger partial charge in [-0.25, -0.2) is 0 Å². The van der Waals surface area contributed by atoms with Crippen LogP contribution in [-0.2, 0) is 4.79 Å². The molecule has 18 heavy (non-hydrogen) atoms. The molecule has 0 aromatic carbocycles. The summed E-state index contributed by atoms with van der Waals surface area (Å²) in [5, 5.41) is 8.65. The number of allylic oxidation sites excluding steroid dienone is 3. The Hall–Kier alpha value is -1.05. The van der Waals surface area contributed by atoms with Crippen LogP contribution in [0.4, 0.5) is 0 Å². The Morgan fingerprint density at radius 2 is 2.11 bits per heavy atom. The molecule has 0 fully saturated rings. The third-order valence-electron chi connectivity index (χ3n) is 4.08. The Labute approximate surface area is 111 Å². The first-order chi connectivity index (χ1) is 8.33. The van der Waals surface area contributed by atoms with Gasteiger partial charge in [-0.05, 0) is 51.4 Å². The fourth-order valence-electron chi connectivity index (χ4n) is 2.91. The smallest absolute Gasteiger partial charge is 0.307 e. The molecule has 0 radical (unpaired) electrons. The van der Waals surface area contributed by atoms with Gasteiger partial charge in [0, 0.05) is 0 Å². The Kier molecular flexibility index (Phi) is 5.18. The summed E-state index contributed by atoms with van der Waals surface area (Å²) in [6.07, 6.45) is 7.87. The summed E-state index contributed by atoms with van der Waals surface area (Å²) >= 11 is 0. The maximum absolute atomic E-state index is 10.5. The van der Waals surface area contributed by atoms with Crippen molar-refractivity contribution in [2.45, 2.75) is 66.2 Å². The normalized spacial score (nSPS) is 20.1. The van der Waals surface area contributed by atoms with Crippen molar-refractivity contribution < 1.29 is 9.90 Å². The van der Waals surface area contributed by atoms with Gasteiger partial charge in [0.1, 0.15) is 0 Å². The van der Waals surface area contributed by atoms with E-state index in [9.17, 15) is 4.79 Å². The van der Waals surface area contributed by atoms with Crippen molar-refractivity contribution in [2.24, 2.45) is 5.41 Å². The van der Waals surface area contributed by atoms with Crippen molar-refractivity contribution in [1.82, 2.24) is 0 Å². The monoisotopic (exact) mass is 250 g/mol. The van der Waals surface area contributed by atoms with E-state index in [0.29, 0.717) is 5.41 Å². The predicted octanol–water partition coefficient (Wildman–Crippen LogP) is 4.71. The van der Waals surface area contributed by atoms with Crippen molar-refractivity contribution in [3.8, 4) is 0 Å². The van der Waals surface area contributed by atoms with E-state index in [0.717, 1.165) is 12.8 Å². The number of carboxylic acid groups (broad SMARTS) is 1. The molecule has 0 aromatic rings. The van der Waals surface area contributed by atoms with Crippen LogP contribution in [0.5, 0.6) is 0 Å². The molecule has 0 saturated carbocycles. The average molecular weight is 250 g/mol. The Morgan fingerprint density at radius 3 is 2.67 bits per heavy atom. The highest BCUT2D eigenvalue weighted by molar-refractivity contribution is 5.68. The lowest BCUT2D eigenvalue weighted by Gasteiger charge is -2.34. The Morgan fingerprint density at radius 1 is 1.44 bits per heavy atom. The highest BCUT2D eigenvalue weighted by atomic mass is 16.4. The maximum Gasteiger partial charge on any atom is 0.307 e. The van der Waals surface area contributed by atoms with Crippen LogP contribution in [0.25, 0.3) is 0 Å². The maximum atomic E-state index is 10.5. The van der Waals surface area contributed by atoms with Crippen LogP contribution in [0.15, 0.2) is 22.8 Å². The second-order valence-electron chi connectivity index (χ2n) is 6.14. The molecular formula is C16H26O2. The highest BCUT2D eigenvalue weighted by Crippen LogP contribution is 2.42. The van der Waals surface area contributed by atoms with E-state index in [1.54, 1.807) is 11.1 Å². The first-order valence-electron chi connectivity index (χ1n) is 6.89. The summed E-state index contributed by atoms with van der Waals surface area (Å²) in [7, 11) is 0. The van der Waals surface area contributed by atoms with Crippen molar-refractivity contribution in [3.63, 3.8) is 0 Å². The largest absolute Gasteiger partial charge is 0.481 e. The quantitative estimate of drug-likeness (QED) is 0.717. The number of carbonyl (C=O) groups is 1. The molecule has 1 rings (SSSR count). The SMILES string of the molecule is CC1=C(CC/C(C)=C/CC(=O)O)C(C)(C)CCC1. The molecule has 1 N–H and O–H groups in total. The minimum atomic E-state index is -0.747. The summed E-state index contributed by atoms with van der Waals surface area (Å²) in [5.41, 5.74) is 4.67.